The Kier molecular flexibility index (Phi) is 3.69. The maximum Gasteiger partial charge on any atom is 0.0309 e. The second-order valence-electron chi connectivity index (χ2n) is 2.47. The van der Waals surface area contributed by atoms with Crippen molar-refractivity contribution in [2.24, 2.45) is 0 Å². The van der Waals surface area contributed by atoms with E-state index in [0.29, 0.717) is 0 Å². The van der Waals surface area contributed by atoms with Crippen LogP contribution in [0.1, 0.15) is 17.5 Å². The summed E-state index contributed by atoms with van der Waals surface area (Å²) >= 11 is 4.08. The molecule has 0 saturated carbocycles. The summed E-state index contributed by atoms with van der Waals surface area (Å²) in [5, 5.41) is 0. The van der Waals surface area contributed by atoms with E-state index >= 15 is 0 Å². The summed E-state index contributed by atoms with van der Waals surface area (Å²) in [5.41, 5.74) is 2.19. The van der Waals surface area contributed by atoms with Crippen LogP contribution in [0.5, 0.6) is 0 Å². The van der Waals surface area contributed by atoms with Crippen molar-refractivity contribution < 1.29 is 0 Å². The van der Waals surface area contributed by atoms with Gasteiger partial charge < -0.3 is 0 Å². The molecule has 0 amide bonds. The van der Waals surface area contributed by atoms with Crippen molar-refractivity contribution in [1.82, 2.24) is 4.98 Å². The monoisotopic (exact) mass is 177 g/mol. The minimum atomic E-state index is 0.817. The SMILES string of the molecule is Cc1cnccc1C#CCCS. The molecule has 1 nitrogen and oxygen atoms in total. The molecule has 0 unspecified atom stereocenters. The highest BCUT2D eigenvalue weighted by molar-refractivity contribution is 7.80. The standard InChI is InChI=1S/C10H11NS/c1-9-8-11-6-5-10(9)4-2-3-7-12/h5-6,8,12H,3,7H2,1H3. The Hall–Kier alpha value is -0.940. The molecular weight excluding hydrogens is 166 g/mol. The minimum Gasteiger partial charge on any atom is -0.264 e. The van der Waals surface area contributed by atoms with Gasteiger partial charge in [0, 0.05) is 30.1 Å². The first-order valence-corrected chi connectivity index (χ1v) is 4.48. The normalized spacial score (nSPS) is 8.83. The van der Waals surface area contributed by atoms with Crippen molar-refractivity contribution in [2.75, 3.05) is 5.75 Å². The number of aromatic nitrogens is 1. The lowest BCUT2D eigenvalue weighted by atomic mass is 10.2. The molecule has 1 aromatic heterocycles. The van der Waals surface area contributed by atoms with Crippen molar-refractivity contribution in [2.45, 2.75) is 13.3 Å². The fraction of sp³-hybridized carbons (Fsp3) is 0.300. The van der Waals surface area contributed by atoms with Crippen LogP contribution in [0.25, 0.3) is 0 Å². The third-order valence-electron chi connectivity index (χ3n) is 1.48. The Bertz CT molecular complexity index is 309. The Morgan fingerprint density at radius 1 is 1.58 bits per heavy atom. The molecule has 0 bridgehead atoms. The Balaban J connectivity index is 2.77. The lowest BCUT2D eigenvalue weighted by Gasteiger charge is -1.93. The van der Waals surface area contributed by atoms with Gasteiger partial charge in [-0.2, -0.15) is 12.6 Å². The summed E-state index contributed by atoms with van der Waals surface area (Å²) in [7, 11) is 0. The molecule has 0 aliphatic carbocycles. The minimum absolute atomic E-state index is 0.817. The summed E-state index contributed by atoms with van der Waals surface area (Å²) in [5.74, 6) is 6.93. The highest BCUT2D eigenvalue weighted by Gasteiger charge is 1.90. The van der Waals surface area contributed by atoms with Gasteiger partial charge in [-0.25, -0.2) is 0 Å². The van der Waals surface area contributed by atoms with E-state index in [1.165, 1.54) is 0 Å². The van der Waals surface area contributed by atoms with Crippen molar-refractivity contribution in [3.05, 3.63) is 29.6 Å². The van der Waals surface area contributed by atoms with Gasteiger partial charge in [0.2, 0.25) is 0 Å². The highest BCUT2D eigenvalue weighted by Crippen LogP contribution is 2.02. The Morgan fingerprint density at radius 2 is 2.42 bits per heavy atom. The van der Waals surface area contributed by atoms with Crippen LogP contribution in [0, 0.1) is 18.8 Å². The van der Waals surface area contributed by atoms with Gasteiger partial charge in [-0.1, -0.05) is 11.8 Å². The molecule has 0 N–H and O–H groups in total. The number of hydrogen-bond acceptors (Lipinski definition) is 2. The molecule has 1 rings (SSSR count). The fourth-order valence-electron chi connectivity index (χ4n) is 0.827. The molecule has 0 spiro atoms. The third-order valence-corrected chi connectivity index (χ3v) is 1.70. The summed E-state index contributed by atoms with van der Waals surface area (Å²) in [4.78, 5) is 3.99. The lowest BCUT2D eigenvalue weighted by molar-refractivity contribution is 1.25. The molecule has 2 heteroatoms. The molecular formula is C10H11NS. The maximum atomic E-state index is 4.08. The van der Waals surface area contributed by atoms with Crippen LogP contribution in [-0.4, -0.2) is 10.7 Å². The van der Waals surface area contributed by atoms with E-state index in [1.807, 2.05) is 19.2 Å². The van der Waals surface area contributed by atoms with E-state index in [-0.39, 0.29) is 0 Å². The maximum absolute atomic E-state index is 4.08. The van der Waals surface area contributed by atoms with Gasteiger partial charge in [-0.3, -0.25) is 4.98 Å². The molecule has 12 heavy (non-hydrogen) atoms. The van der Waals surface area contributed by atoms with Crippen LogP contribution >= 0.6 is 12.6 Å². The fourth-order valence-corrected chi connectivity index (χ4v) is 0.939. The van der Waals surface area contributed by atoms with E-state index in [9.17, 15) is 0 Å². The van der Waals surface area contributed by atoms with Crippen LogP contribution in [-0.2, 0) is 0 Å². The van der Waals surface area contributed by atoms with E-state index < -0.39 is 0 Å². The smallest absolute Gasteiger partial charge is 0.0309 e. The summed E-state index contributed by atoms with van der Waals surface area (Å²) in [6.07, 6.45) is 4.42. The largest absolute Gasteiger partial charge is 0.264 e. The van der Waals surface area contributed by atoms with Crippen molar-refractivity contribution in [1.29, 1.82) is 0 Å². The number of hydrogen-bond donors (Lipinski definition) is 1. The Morgan fingerprint density at radius 3 is 3.08 bits per heavy atom. The van der Waals surface area contributed by atoms with Gasteiger partial charge in [0.15, 0.2) is 0 Å². The van der Waals surface area contributed by atoms with Crippen LogP contribution in [0.2, 0.25) is 0 Å². The predicted octanol–water partition coefficient (Wildman–Crippen LogP) is 2.06. The molecule has 1 heterocycles. The van der Waals surface area contributed by atoms with Crippen molar-refractivity contribution in [3.8, 4) is 11.8 Å². The zero-order valence-electron chi connectivity index (χ0n) is 7.04. The average molecular weight is 177 g/mol. The number of thiol groups is 1. The average Bonchev–Trinajstić information content (AvgIpc) is 2.09. The molecule has 0 aliphatic rings. The number of nitrogens with zero attached hydrogens (tertiary/aromatic N) is 1. The molecule has 0 aromatic carbocycles. The molecule has 0 aliphatic heterocycles. The van der Waals surface area contributed by atoms with Crippen LogP contribution in [0.3, 0.4) is 0 Å². The first-order valence-electron chi connectivity index (χ1n) is 3.85. The number of rotatable bonds is 1. The van der Waals surface area contributed by atoms with Gasteiger partial charge in [-0.05, 0) is 18.6 Å². The van der Waals surface area contributed by atoms with Gasteiger partial charge >= 0.3 is 0 Å². The van der Waals surface area contributed by atoms with Crippen LogP contribution in [0.15, 0.2) is 18.5 Å². The zero-order chi connectivity index (χ0) is 8.81. The van der Waals surface area contributed by atoms with Crippen molar-refractivity contribution >= 4 is 12.6 Å². The van der Waals surface area contributed by atoms with Gasteiger partial charge in [-0.15, -0.1) is 0 Å². The van der Waals surface area contributed by atoms with E-state index in [4.69, 9.17) is 0 Å². The van der Waals surface area contributed by atoms with E-state index in [1.54, 1.807) is 6.20 Å². The summed E-state index contributed by atoms with van der Waals surface area (Å²) in [6.45, 7) is 2.01. The molecule has 0 saturated heterocycles. The van der Waals surface area contributed by atoms with Crippen LogP contribution < -0.4 is 0 Å². The Labute approximate surface area is 78.6 Å². The molecule has 0 radical (unpaired) electrons. The lowest BCUT2D eigenvalue weighted by Crippen LogP contribution is -1.82. The number of pyridine rings is 1. The topological polar surface area (TPSA) is 12.9 Å². The molecule has 0 atom stereocenters. The van der Waals surface area contributed by atoms with Crippen molar-refractivity contribution in [3.63, 3.8) is 0 Å². The zero-order valence-corrected chi connectivity index (χ0v) is 7.94. The molecule has 1 aromatic rings. The highest BCUT2D eigenvalue weighted by atomic mass is 32.1. The van der Waals surface area contributed by atoms with Gasteiger partial charge in [0.25, 0.3) is 0 Å². The second-order valence-corrected chi connectivity index (χ2v) is 2.91. The number of aryl methyl sites for hydroxylation is 1. The first kappa shape index (κ1) is 9.15. The predicted molar refractivity (Wildman–Crippen MR) is 54.3 cm³/mol. The molecule has 62 valence electrons. The van der Waals surface area contributed by atoms with Crippen LogP contribution in [0.4, 0.5) is 0 Å². The third kappa shape index (κ3) is 2.60. The molecule has 0 fully saturated rings. The first-order chi connectivity index (χ1) is 5.84. The van der Waals surface area contributed by atoms with E-state index in [0.717, 1.165) is 23.3 Å². The quantitative estimate of drug-likeness (QED) is 0.512. The second kappa shape index (κ2) is 4.84. The summed E-state index contributed by atoms with van der Waals surface area (Å²) < 4.78 is 0. The van der Waals surface area contributed by atoms with Gasteiger partial charge in [0.1, 0.15) is 0 Å². The van der Waals surface area contributed by atoms with Gasteiger partial charge in [0.05, 0.1) is 0 Å². The van der Waals surface area contributed by atoms with E-state index in [2.05, 4.69) is 29.5 Å². The summed E-state index contributed by atoms with van der Waals surface area (Å²) in [6, 6.07) is 1.93.